The predicted molar refractivity (Wildman–Crippen MR) is 64.8 cm³/mol. The number of hydrogen-bond acceptors (Lipinski definition) is 4. The van der Waals surface area contributed by atoms with E-state index < -0.39 is 17.2 Å². The van der Waals surface area contributed by atoms with Gasteiger partial charge in [0, 0.05) is 12.2 Å². The van der Waals surface area contributed by atoms with Crippen LogP contribution in [0.15, 0.2) is 15.8 Å². The Morgan fingerprint density at radius 3 is 2.61 bits per heavy atom. The number of nitrogens with zero attached hydrogens (tertiary/aromatic N) is 1. The van der Waals surface area contributed by atoms with Crippen LogP contribution in [-0.2, 0) is 4.74 Å². The van der Waals surface area contributed by atoms with E-state index in [1.165, 1.54) is 7.11 Å². The molecule has 0 atom stereocenters. The second-order valence-electron chi connectivity index (χ2n) is 4.47. The van der Waals surface area contributed by atoms with Crippen LogP contribution in [0.25, 0.3) is 0 Å². The summed E-state index contributed by atoms with van der Waals surface area (Å²) in [6, 6.07) is -0.111. The molecule has 1 heterocycles. The summed E-state index contributed by atoms with van der Waals surface area (Å²) in [5.41, 5.74) is -1.14. The molecule has 0 aliphatic heterocycles. The third-order valence-electron chi connectivity index (χ3n) is 3.35. The summed E-state index contributed by atoms with van der Waals surface area (Å²) in [5.74, 6) is -0.721. The Balaban J connectivity index is 2.48. The van der Waals surface area contributed by atoms with Crippen LogP contribution in [0.2, 0.25) is 0 Å². The molecule has 98 valence electrons. The van der Waals surface area contributed by atoms with Crippen molar-refractivity contribution in [2.45, 2.75) is 38.1 Å². The molecule has 0 amide bonds. The van der Waals surface area contributed by atoms with Gasteiger partial charge in [-0.1, -0.05) is 19.3 Å². The van der Waals surface area contributed by atoms with Crippen molar-refractivity contribution in [2.75, 3.05) is 7.11 Å². The zero-order chi connectivity index (χ0) is 13.1. The van der Waals surface area contributed by atoms with Crippen molar-refractivity contribution in [3.05, 3.63) is 32.6 Å². The van der Waals surface area contributed by atoms with E-state index in [4.69, 9.17) is 0 Å². The first-order valence-electron chi connectivity index (χ1n) is 6.07. The van der Waals surface area contributed by atoms with Crippen LogP contribution < -0.4 is 11.2 Å². The molecule has 0 bridgehead atoms. The van der Waals surface area contributed by atoms with E-state index >= 15 is 0 Å². The molecule has 1 aromatic rings. The molecule has 1 saturated carbocycles. The van der Waals surface area contributed by atoms with E-state index in [1.807, 2.05) is 0 Å². The maximum Gasteiger partial charge on any atom is 0.345 e. The number of hydrogen-bond donors (Lipinski definition) is 1. The third kappa shape index (κ3) is 2.23. The highest BCUT2D eigenvalue weighted by Crippen LogP contribution is 2.25. The number of aromatic nitrogens is 2. The Bertz CT molecular complexity index is 552. The first-order chi connectivity index (χ1) is 8.65. The second kappa shape index (κ2) is 5.20. The van der Waals surface area contributed by atoms with Crippen LogP contribution in [-0.4, -0.2) is 22.6 Å². The molecule has 18 heavy (non-hydrogen) atoms. The first-order valence-corrected chi connectivity index (χ1v) is 6.07. The third-order valence-corrected chi connectivity index (χ3v) is 3.35. The van der Waals surface area contributed by atoms with Gasteiger partial charge in [0.25, 0.3) is 5.56 Å². The molecular weight excluding hydrogens is 236 g/mol. The van der Waals surface area contributed by atoms with E-state index in [0.29, 0.717) is 0 Å². The number of aromatic amines is 1. The van der Waals surface area contributed by atoms with Crippen molar-refractivity contribution in [3.63, 3.8) is 0 Å². The predicted octanol–water partition coefficient (Wildman–Crippen LogP) is 0.828. The highest BCUT2D eigenvalue weighted by molar-refractivity contribution is 5.88. The van der Waals surface area contributed by atoms with E-state index in [1.54, 1.807) is 0 Å². The Hall–Kier alpha value is -1.85. The summed E-state index contributed by atoms with van der Waals surface area (Å²) in [6.07, 6.45) is 5.84. The first kappa shape index (κ1) is 12.6. The van der Waals surface area contributed by atoms with Gasteiger partial charge >= 0.3 is 11.7 Å². The molecule has 1 N–H and O–H groups in total. The molecule has 1 aromatic heterocycles. The Kier molecular flexibility index (Phi) is 3.64. The number of esters is 1. The van der Waals surface area contributed by atoms with Crippen LogP contribution in [0, 0.1) is 0 Å². The number of H-pyrrole nitrogens is 1. The standard InChI is InChI=1S/C12H16N2O4/c1-18-11(16)9-7-13-12(17)14(10(9)15)8-5-3-2-4-6-8/h7-8H,2-6H2,1H3,(H,13,17). The van der Waals surface area contributed by atoms with Gasteiger partial charge in [-0.3, -0.25) is 9.36 Å². The SMILES string of the molecule is COC(=O)c1c[nH]c(=O)n(C2CCCCC2)c1=O. The summed E-state index contributed by atoms with van der Waals surface area (Å²) >= 11 is 0. The molecule has 0 radical (unpaired) electrons. The van der Waals surface area contributed by atoms with Gasteiger partial charge < -0.3 is 9.72 Å². The Labute approximate surface area is 104 Å². The summed E-state index contributed by atoms with van der Waals surface area (Å²) < 4.78 is 5.68. The fourth-order valence-corrected chi connectivity index (χ4v) is 2.41. The summed E-state index contributed by atoms with van der Waals surface area (Å²) in [4.78, 5) is 37.7. The monoisotopic (exact) mass is 252 g/mol. The van der Waals surface area contributed by atoms with Gasteiger partial charge in [0.2, 0.25) is 0 Å². The van der Waals surface area contributed by atoms with Crippen LogP contribution in [0.3, 0.4) is 0 Å². The molecular formula is C12H16N2O4. The van der Waals surface area contributed by atoms with E-state index in [2.05, 4.69) is 9.72 Å². The van der Waals surface area contributed by atoms with E-state index in [9.17, 15) is 14.4 Å². The topological polar surface area (TPSA) is 81.2 Å². The maximum absolute atomic E-state index is 12.1. The molecule has 6 nitrogen and oxygen atoms in total. The lowest BCUT2D eigenvalue weighted by atomic mass is 9.95. The highest BCUT2D eigenvalue weighted by Gasteiger charge is 2.22. The van der Waals surface area contributed by atoms with Gasteiger partial charge in [-0.25, -0.2) is 9.59 Å². The minimum absolute atomic E-state index is 0.111. The van der Waals surface area contributed by atoms with Crippen LogP contribution >= 0.6 is 0 Å². The highest BCUT2D eigenvalue weighted by atomic mass is 16.5. The number of rotatable bonds is 2. The van der Waals surface area contributed by atoms with Crippen molar-refractivity contribution in [1.29, 1.82) is 0 Å². The summed E-state index contributed by atoms with van der Waals surface area (Å²) in [6.45, 7) is 0. The number of carbonyl (C=O) groups is 1. The average Bonchev–Trinajstić information content (AvgIpc) is 2.39. The van der Waals surface area contributed by atoms with Crippen molar-refractivity contribution in [1.82, 2.24) is 9.55 Å². The molecule has 0 saturated heterocycles. The van der Waals surface area contributed by atoms with Crippen molar-refractivity contribution >= 4 is 5.97 Å². The van der Waals surface area contributed by atoms with Gasteiger partial charge in [0.15, 0.2) is 0 Å². The average molecular weight is 252 g/mol. The smallest absolute Gasteiger partial charge is 0.345 e. The Morgan fingerprint density at radius 2 is 2.00 bits per heavy atom. The van der Waals surface area contributed by atoms with Gasteiger partial charge in [0.1, 0.15) is 5.56 Å². The summed E-state index contributed by atoms with van der Waals surface area (Å²) in [7, 11) is 1.21. The fourth-order valence-electron chi connectivity index (χ4n) is 2.41. The van der Waals surface area contributed by atoms with Crippen LogP contribution in [0.5, 0.6) is 0 Å². The zero-order valence-electron chi connectivity index (χ0n) is 10.3. The zero-order valence-corrected chi connectivity index (χ0v) is 10.3. The molecule has 0 aromatic carbocycles. The van der Waals surface area contributed by atoms with Gasteiger partial charge in [-0.15, -0.1) is 0 Å². The fraction of sp³-hybridized carbons (Fsp3) is 0.583. The molecule has 1 aliphatic rings. The number of methoxy groups -OCH3 is 1. The molecule has 1 fully saturated rings. The minimum atomic E-state index is -0.721. The second-order valence-corrected chi connectivity index (χ2v) is 4.47. The van der Waals surface area contributed by atoms with E-state index in [0.717, 1.165) is 42.9 Å². The van der Waals surface area contributed by atoms with E-state index in [-0.39, 0.29) is 11.6 Å². The lowest BCUT2D eigenvalue weighted by molar-refractivity contribution is 0.0596. The Morgan fingerprint density at radius 1 is 1.33 bits per heavy atom. The van der Waals surface area contributed by atoms with Crippen LogP contribution in [0.4, 0.5) is 0 Å². The minimum Gasteiger partial charge on any atom is -0.465 e. The normalized spacial score (nSPS) is 16.5. The quantitative estimate of drug-likeness (QED) is 0.790. The van der Waals surface area contributed by atoms with Gasteiger partial charge in [-0.05, 0) is 12.8 Å². The van der Waals surface area contributed by atoms with Crippen molar-refractivity contribution < 1.29 is 9.53 Å². The van der Waals surface area contributed by atoms with Gasteiger partial charge in [-0.2, -0.15) is 0 Å². The largest absolute Gasteiger partial charge is 0.465 e. The lowest BCUT2D eigenvalue weighted by Crippen LogP contribution is -2.41. The molecule has 0 spiro atoms. The number of ether oxygens (including phenoxy) is 1. The van der Waals surface area contributed by atoms with Gasteiger partial charge in [0.05, 0.1) is 7.11 Å². The molecule has 0 unspecified atom stereocenters. The molecule has 1 aliphatic carbocycles. The van der Waals surface area contributed by atoms with Crippen molar-refractivity contribution in [3.8, 4) is 0 Å². The van der Waals surface area contributed by atoms with Crippen LogP contribution in [0.1, 0.15) is 48.5 Å². The molecule has 2 rings (SSSR count). The lowest BCUT2D eigenvalue weighted by Gasteiger charge is -2.22. The van der Waals surface area contributed by atoms with Crippen molar-refractivity contribution in [2.24, 2.45) is 0 Å². The number of nitrogens with one attached hydrogen (secondary N) is 1. The number of carbonyl (C=O) groups excluding carboxylic acids is 1. The molecule has 6 heteroatoms. The summed E-state index contributed by atoms with van der Waals surface area (Å²) in [5, 5.41) is 0. The maximum atomic E-state index is 12.1.